The molecule has 1 nitrogen and oxygen atoms in total. The van der Waals surface area contributed by atoms with Gasteiger partial charge in [0.25, 0.3) is 0 Å². The Morgan fingerprint density at radius 1 is 1.05 bits per heavy atom. The van der Waals surface area contributed by atoms with Crippen LogP contribution in [0.25, 0.3) is 0 Å². The molecule has 0 spiro atoms. The van der Waals surface area contributed by atoms with Crippen molar-refractivity contribution >= 4 is 0 Å². The summed E-state index contributed by atoms with van der Waals surface area (Å²) >= 11 is 0. The molecule has 2 rings (SSSR count). The number of rotatable bonds is 2. The first kappa shape index (κ1) is 13.5. The second-order valence-electron chi connectivity index (χ2n) is 4.27. The average Bonchev–Trinajstić information content (AvgIpc) is 2.57. The van der Waals surface area contributed by atoms with Gasteiger partial charge in [0.2, 0.25) is 0 Å². The number of hydrogen-bond acceptors (Lipinski definition) is 1. The fraction of sp³-hybridized carbons (Fsp3) is 0.200. The largest absolute Gasteiger partial charge is 0.461 e. The lowest BCUT2D eigenvalue weighted by atomic mass is 10.2. The first-order chi connectivity index (χ1) is 8.95. The fourth-order valence-electron chi connectivity index (χ4n) is 1.63. The Morgan fingerprint density at radius 2 is 1.74 bits per heavy atom. The van der Waals surface area contributed by atoms with Gasteiger partial charge in [-0.2, -0.15) is 13.2 Å². The van der Waals surface area contributed by atoms with Crippen LogP contribution in [0.3, 0.4) is 0 Å². The van der Waals surface area contributed by atoms with Gasteiger partial charge in [-0.15, -0.1) is 0 Å². The van der Waals surface area contributed by atoms with Crippen LogP contribution < -0.4 is 4.74 Å². The summed E-state index contributed by atoms with van der Waals surface area (Å²) in [6.45, 7) is 1.95. The minimum absolute atomic E-state index is 0.337. The van der Waals surface area contributed by atoms with Crippen LogP contribution in [0, 0.1) is 6.92 Å². The monoisotopic (exact) mass is 266 g/mol. The standard InChI is InChI=1S/C15H13F3O/c1-11-5-8-14(9-6-11)19-13-4-2-3-12(7-10-13)15(16,17)18/h2-3,5-10H,4H2,1H3. The highest BCUT2D eigenvalue weighted by atomic mass is 19.4. The number of alkyl halides is 3. The number of hydrogen-bond donors (Lipinski definition) is 0. The van der Waals surface area contributed by atoms with Crippen LogP contribution in [0.15, 0.2) is 59.9 Å². The van der Waals surface area contributed by atoms with Crippen molar-refractivity contribution in [3.05, 3.63) is 65.5 Å². The lowest BCUT2D eigenvalue weighted by molar-refractivity contribution is -0.0881. The highest BCUT2D eigenvalue weighted by Gasteiger charge is 2.31. The average molecular weight is 266 g/mol. The normalized spacial score (nSPS) is 15.6. The fourth-order valence-corrected chi connectivity index (χ4v) is 1.63. The van der Waals surface area contributed by atoms with E-state index >= 15 is 0 Å². The summed E-state index contributed by atoms with van der Waals surface area (Å²) in [4.78, 5) is 0. The Balaban J connectivity index is 2.14. The number of allylic oxidation sites excluding steroid dienone is 5. The second-order valence-corrected chi connectivity index (χ2v) is 4.27. The molecular formula is C15H13F3O. The number of halogens is 3. The highest BCUT2D eigenvalue weighted by molar-refractivity contribution is 5.34. The van der Waals surface area contributed by atoms with Gasteiger partial charge in [0, 0.05) is 6.42 Å². The quantitative estimate of drug-likeness (QED) is 0.753. The van der Waals surface area contributed by atoms with E-state index in [4.69, 9.17) is 4.74 Å². The summed E-state index contributed by atoms with van der Waals surface area (Å²) in [7, 11) is 0. The van der Waals surface area contributed by atoms with Crippen LogP contribution in [0.1, 0.15) is 12.0 Å². The summed E-state index contributed by atoms with van der Waals surface area (Å²) in [5, 5.41) is 0. The molecule has 0 atom stereocenters. The van der Waals surface area contributed by atoms with Crippen molar-refractivity contribution in [2.24, 2.45) is 0 Å². The summed E-state index contributed by atoms with van der Waals surface area (Å²) < 4.78 is 43.1. The molecule has 0 aromatic heterocycles. The van der Waals surface area contributed by atoms with Crippen LogP contribution in [0.4, 0.5) is 13.2 Å². The van der Waals surface area contributed by atoms with Crippen molar-refractivity contribution < 1.29 is 17.9 Å². The van der Waals surface area contributed by atoms with E-state index in [1.54, 1.807) is 12.1 Å². The Hall–Kier alpha value is -1.97. The molecule has 0 saturated heterocycles. The first-order valence-corrected chi connectivity index (χ1v) is 5.84. The third kappa shape index (κ3) is 3.74. The van der Waals surface area contributed by atoms with Gasteiger partial charge in [-0.05, 0) is 31.2 Å². The molecule has 0 fully saturated rings. The summed E-state index contributed by atoms with van der Waals surface area (Å²) in [5.74, 6) is 1.11. The molecule has 19 heavy (non-hydrogen) atoms. The molecular weight excluding hydrogens is 253 g/mol. The maximum atomic E-state index is 12.5. The van der Waals surface area contributed by atoms with E-state index in [0.29, 0.717) is 17.9 Å². The van der Waals surface area contributed by atoms with Gasteiger partial charge in [0.05, 0.1) is 5.57 Å². The molecule has 0 saturated carbocycles. The lowest BCUT2D eigenvalue weighted by Crippen LogP contribution is -2.09. The molecule has 0 amide bonds. The van der Waals surface area contributed by atoms with E-state index in [2.05, 4.69) is 0 Å². The van der Waals surface area contributed by atoms with E-state index in [-0.39, 0.29) is 0 Å². The summed E-state index contributed by atoms with van der Waals surface area (Å²) in [5.41, 5.74) is 0.427. The van der Waals surface area contributed by atoms with Crippen molar-refractivity contribution in [2.45, 2.75) is 19.5 Å². The zero-order valence-electron chi connectivity index (χ0n) is 10.4. The zero-order chi connectivity index (χ0) is 13.9. The van der Waals surface area contributed by atoms with Crippen LogP contribution in [0.5, 0.6) is 5.75 Å². The van der Waals surface area contributed by atoms with Gasteiger partial charge in [0.15, 0.2) is 0 Å². The van der Waals surface area contributed by atoms with Gasteiger partial charge >= 0.3 is 6.18 Å². The highest BCUT2D eigenvalue weighted by Crippen LogP contribution is 2.29. The SMILES string of the molecule is Cc1ccc(OC2=CC=C(C(F)(F)F)C=CC2)cc1. The van der Waals surface area contributed by atoms with Crippen LogP contribution in [0.2, 0.25) is 0 Å². The minimum Gasteiger partial charge on any atom is -0.461 e. The van der Waals surface area contributed by atoms with Crippen molar-refractivity contribution in [2.75, 3.05) is 0 Å². The van der Waals surface area contributed by atoms with Crippen molar-refractivity contribution in [3.63, 3.8) is 0 Å². The smallest absolute Gasteiger partial charge is 0.416 e. The third-order valence-electron chi connectivity index (χ3n) is 2.66. The van der Waals surface area contributed by atoms with Crippen molar-refractivity contribution in [3.8, 4) is 5.75 Å². The molecule has 1 aromatic rings. The van der Waals surface area contributed by atoms with Gasteiger partial charge in [0.1, 0.15) is 11.5 Å². The molecule has 0 aliphatic heterocycles. The molecule has 1 aromatic carbocycles. The van der Waals surface area contributed by atoms with Crippen molar-refractivity contribution in [1.29, 1.82) is 0 Å². The molecule has 4 heteroatoms. The Labute approximate surface area is 109 Å². The second kappa shape index (κ2) is 5.34. The van der Waals surface area contributed by atoms with E-state index in [1.807, 2.05) is 19.1 Å². The van der Waals surface area contributed by atoms with E-state index < -0.39 is 11.7 Å². The molecule has 1 aliphatic rings. The van der Waals surface area contributed by atoms with Gasteiger partial charge in [-0.3, -0.25) is 0 Å². The molecule has 0 N–H and O–H groups in total. The first-order valence-electron chi connectivity index (χ1n) is 5.84. The predicted octanol–water partition coefficient (Wildman–Crippen LogP) is 4.71. The number of benzene rings is 1. The van der Waals surface area contributed by atoms with Crippen LogP contribution >= 0.6 is 0 Å². The van der Waals surface area contributed by atoms with Gasteiger partial charge < -0.3 is 4.74 Å². The molecule has 1 aliphatic carbocycles. The Kier molecular flexibility index (Phi) is 3.79. The van der Waals surface area contributed by atoms with Crippen LogP contribution in [-0.2, 0) is 0 Å². The third-order valence-corrected chi connectivity index (χ3v) is 2.66. The summed E-state index contributed by atoms with van der Waals surface area (Å²) in [6, 6.07) is 7.36. The molecule has 0 bridgehead atoms. The topological polar surface area (TPSA) is 9.23 Å². The minimum atomic E-state index is -4.33. The van der Waals surface area contributed by atoms with Crippen molar-refractivity contribution in [1.82, 2.24) is 0 Å². The summed E-state index contributed by atoms with van der Waals surface area (Å²) in [6.07, 6.45) is 0.931. The molecule has 0 unspecified atom stereocenters. The van der Waals surface area contributed by atoms with E-state index in [9.17, 15) is 13.2 Å². The maximum absolute atomic E-state index is 12.5. The lowest BCUT2D eigenvalue weighted by Gasteiger charge is -2.07. The van der Waals surface area contributed by atoms with E-state index in [1.165, 1.54) is 12.2 Å². The number of aryl methyl sites for hydroxylation is 1. The van der Waals surface area contributed by atoms with E-state index in [0.717, 1.165) is 17.7 Å². The molecule has 0 heterocycles. The number of ether oxygens (including phenoxy) is 1. The zero-order valence-corrected chi connectivity index (χ0v) is 10.4. The molecule has 100 valence electrons. The van der Waals surface area contributed by atoms with Gasteiger partial charge in [-0.25, -0.2) is 0 Å². The molecule has 0 radical (unpaired) electrons. The van der Waals surface area contributed by atoms with Gasteiger partial charge in [-0.1, -0.05) is 29.8 Å². The Bertz CT molecular complexity index is 534. The maximum Gasteiger partial charge on any atom is 0.416 e. The Morgan fingerprint density at radius 3 is 2.37 bits per heavy atom. The predicted molar refractivity (Wildman–Crippen MR) is 67.8 cm³/mol. The van der Waals surface area contributed by atoms with Crippen LogP contribution in [-0.4, -0.2) is 6.18 Å².